The fraction of sp³-hybridized carbons (Fsp3) is 0. The molecule has 3 heteroatoms. The van der Waals surface area contributed by atoms with Crippen LogP contribution in [0.1, 0.15) is 11.3 Å². The first-order valence-corrected chi connectivity index (χ1v) is 6.59. The van der Waals surface area contributed by atoms with Crippen LogP contribution in [0, 0.1) is 5.82 Å². The molecule has 98 valence electrons. The predicted molar refractivity (Wildman–Crippen MR) is 81.9 cm³/mol. The molecule has 0 aliphatic heterocycles. The van der Waals surface area contributed by atoms with Crippen LogP contribution in [0.5, 0.6) is 0 Å². The summed E-state index contributed by atoms with van der Waals surface area (Å²) in [4.78, 5) is 4.51. The van der Waals surface area contributed by atoms with Crippen LogP contribution in [0.2, 0.25) is 0 Å². The number of aromatic nitrogens is 1. The van der Waals surface area contributed by atoms with Crippen LogP contribution < -0.4 is 0 Å². The Bertz CT molecular complexity index is 778. The molecule has 1 heterocycles. The molecular weight excluding hydrogens is 273 g/mol. The van der Waals surface area contributed by atoms with Crippen LogP contribution in [0.3, 0.4) is 0 Å². The number of halogens is 2. The van der Waals surface area contributed by atoms with Gasteiger partial charge in [0, 0.05) is 5.39 Å². The van der Waals surface area contributed by atoms with Crippen LogP contribution in [-0.2, 0) is 0 Å². The van der Waals surface area contributed by atoms with Crippen molar-refractivity contribution in [3.05, 3.63) is 77.7 Å². The number of fused-ring (bicyclic) bond motifs is 1. The number of hydrogen-bond acceptors (Lipinski definition) is 1. The summed E-state index contributed by atoms with van der Waals surface area (Å²) in [6.07, 6.45) is 1.78. The van der Waals surface area contributed by atoms with Crippen LogP contribution in [0.25, 0.3) is 22.0 Å². The summed E-state index contributed by atoms with van der Waals surface area (Å²) in [5, 5.41) is 1.60. The molecule has 20 heavy (non-hydrogen) atoms. The molecule has 2 aromatic carbocycles. The molecule has 0 aliphatic rings. The molecule has 1 aromatic heterocycles. The Morgan fingerprint density at radius 3 is 2.50 bits per heavy atom. The molecule has 1 nitrogen and oxygen atoms in total. The van der Waals surface area contributed by atoms with Gasteiger partial charge in [-0.25, -0.2) is 9.37 Å². The lowest BCUT2D eigenvalue weighted by Crippen LogP contribution is -1.86. The van der Waals surface area contributed by atoms with Crippen LogP contribution in [0.15, 0.2) is 60.7 Å². The quantitative estimate of drug-likeness (QED) is 0.637. The van der Waals surface area contributed by atoms with E-state index in [1.807, 2.05) is 36.4 Å². The Labute approximate surface area is 121 Å². The summed E-state index contributed by atoms with van der Waals surface area (Å²) in [7, 11) is 0. The Hall–Kier alpha value is -2.19. The van der Waals surface area contributed by atoms with Crippen molar-refractivity contribution in [3.8, 4) is 0 Å². The standard InChI is InChI=1S/C17H11ClFN/c18-15(11-12-5-8-14(19)9-6-12)17-10-7-13-3-1-2-4-16(13)20-17/h1-11H/b15-11-. The van der Waals surface area contributed by atoms with Crippen molar-refractivity contribution in [2.24, 2.45) is 0 Å². The minimum atomic E-state index is -0.262. The number of rotatable bonds is 2. The van der Waals surface area contributed by atoms with Crippen molar-refractivity contribution in [1.82, 2.24) is 4.98 Å². The van der Waals surface area contributed by atoms with Gasteiger partial charge in [-0.3, -0.25) is 0 Å². The maximum absolute atomic E-state index is 12.9. The molecule has 0 bridgehead atoms. The molecule has 0 aliphatic carbocycles. The van der Waals surface area contributed by atoms with Gasteiger partial charge in [-0.05, 0) is 35.9 Å². The van der Waals surface area contributed by atoms with Gasteiger partial charge in [-0.1, -0.05) is 48.0 Å². The van der Waals surface area contributed by atoms with E-state index in [9.17, 15) is 4.39 Å². The van der Waals surface area contributed by atoms with Crippen molar-refractivity contribution >= 4 is 33.6 Å². The van der Waals surface area contributed by atoms with E-state index in [0.717, 1.165) is 16.5 Å². The van der Waals surface area contributed by atoms with E-state index < -0.39 is 0 Å². The highest BCUT2D eigenvalue weighted by Crippen LogP contribution is 2.23. The predicted octanol–water partition coefficient (Wildman–Crippen LogP) is 5.11. The topological polar surface area (TPSA) is 12.9 Å². The Kier molecular flexibility index (Phi) is 3.48. The maximum atomic E-state index is 12.9. The zero-order chi connectivity index (χ0) is 13.9. The van der Waals surface area contributed by atoms with E-state index >= 15 is 0 Å². The first-order valence-electron chi connectivity index (χ1n) is 6.21. The second kappa shape index (κ2) is 5.43. The first-order chi connectivity index (χ1) is 9.72. The Morgan fingerprint density at radius 2 is 1.70 bits per heavy atom. The first kappa shape index (κ1) is 12.8. The van der Waals surface area contributed by atoms with E-state index in [1.54, 1.807) is 18.2 Å². The lowest BCUT2D eigenvalue weighted by Gasteiger charge is -2.02. The Morgan fingerprint density at radius 1 is 0.950 bits per heavy atom. The Balaban J connectivity index is 1.99. The van der Waals surface area contributed by atoms with Gasteiger partial charge in [0.1, 0.15) is 5.82 Å². The summed E-state index contributed by atoms with van der Waals surface area (Å²) in [5.41, 5.74) is 2.44. The van der Waals surface area contributed by atoms with Gasteiger partial charge in [0.05, 0.1) is 16.2 Å². The van der Waals surface area contributed by atoms with Gasteiger partial charge in [0.2, 0.25) is 0 Å². The highest BCUT2D eigenvalue weighted by Gasteiger charge is 2.02. The van der Waals surface area contributed by atoms with E-state index in [2.05, 4.69) is 4.98 Å². The monoisotopic (exact) mass is 283 g/mol. The third-order valence-corrected chi connectivity index (χ3v) is 3.31. The second-order valence-electron chi connectivity index (χ2n) is 4.43. The summed E-state index contributed by atoms with van der Waals surface area (Å²) in [6.45, 7) is 0. The van der Waals surface area contributed by atoms with Crippen LogP contribution >= 0.6 is 11.6 Å². The normalized spacial score (nSPS) is 11.8. The zero-order valence-corrected chi connectivity index (χ0v) is 11.3. The smallest absolute Gasteiger partial charge is 0.123 e. The van der Waals surface area contributed by atoms with Crippen LogP contribution in [-0.4, -0.2) is 4.98 Å². The van der Waals surface area contributed by atoms with Crippen molar-refractivity contribution in [1.29, 1.82) is 0 Å². The number of hydrogen-bond donors (Lipinski definition) is 0. The molecule has 3 aromatic rings. The summed E-state index contributed by atoms with van der Waals surface area (Å²) in [6, 6.07) is 17.9. The molecular formula is C17H11ClFN. The average molecular weight is 284 g/mol. The lowest BCUT2D eigenvalue weighted by molar-refractivity contribution is 0.628. The minimum absolute atomic E-state index is 0.262. The number of pyridine rings is 1. The molecule has 0 N–H and O–H groups in total. The van der Waals surface area contributed by atoms with Gasteiger partial charge in [0.25, 0.3) is 0 Å². The molecule has 3 rings (SSSR count). The molecule has 0 amide bonds. The fourth-order valence-electron chi connectivity index (χ4n) is 1.98. The molecule has 0 saturated carbocycles. The van der Waals surface area contributed by atoms with E-state index in [0.29, 0.717) is 10.7 Å². The molecule has 0 atom stereocenters. The zero-order valence-electron chi connectivity index (χ0n) is 10.6. The fourth-order valence-corrected chi connectivity index (χ4v) is 2.21. The molecule has 0 spiro atoms. The molecule has 0 radical (unpaired) electrons. The summed E-state index contributed by atoms with van der Waals surface area (Å²) >= 11 is 6.29. The summed E-state index contributed by atoms with van der Waals surface area (Å²) in [5.74, 6) is -0.262. The average Bonchev–Trinajstić information content (AvgIpc) is 2.49. The third-order valence-electron chi connectivity index (χ3n) is 3.01. The van der Waals surface area contributed by atoms with Gasteiger partial charge in [-0.15, -0.1) is 0 Å². The van der Waals surface area contributed by atoms with Crippen molar-refractivity contribution in [2.75, 3.05) is 0 Å². The van der Waals surface area contributed by atoms with Crippen molar-refractivity contribution < 1.29 is 4.39 Å². The maximum Gasteiger partial charge on any atom is 0.123 e. The minimum Gasteiger partial charge on any atom is -0.247 e. The largest absolute Gasteiger partial charge is 0.247 e. The van der Waals surface area contributed by atoms with E-state index in [4.69, 9.17) is 11.6 Å². The highest BCUT2D eigenvalue weighted by molar-refractivity contribution is 6.51. The second-order valence-corrected chi connectivity index (χ2v) is 4.84. The third kappa shape index (κ3) is 2.70. The van der Waals surface area contributed by atoms with Gasteiger partial charge < -0.3 is 0 Å². The van der Waals surface area contributed by atoms with Crippen molar-refractivity contribution in [2.45, 2.75) is 0 Å². The SMILES string of the molecule is Fc1ccc(/C=C(\Cl)c2ccc3ccccc3n2)cc1. The van der Waals surface area contributed by atoms with Crippen LogP contribution in [0.4, 0.5) is 4.39 Å². The number of para-hydroxylation sites is 1. The number of benzene rings is 2. The lowest BCUT2D eigenvalue weighted by atomic mass is 10.1. The highest BCUT2D eigenvalue weighted by atomic mass is 35.5. The van der Waals surface area contributed by atoms with Gasteiger partial charge >= 0.3 is 0 Å². The van der Waals surface area contributed by atoms with Gasteiger partial charge in [-0.2, -0.15) is 0 Å². The van der Waals surface area contributed by atoms with Crippen molar-refractivity contribution in [3.63, 3.8) is 0 Å². The van der Waals surface area contributed by atoms with Gasteiger partial charge in [0.15, 0.2) is 0 Å². The molecule has 0 unspecified atom stereocenters. The number of nitrogens with zero attached hydrogens (tertiary/aromatic N) is 1. The molecule has 0 fully saturated rings. The van der Waals surface area contributed by atoms with E-state index in [-0.39, 0.29) is 5.82 Å². The van der Waals surface area contributed by atoms with E-state index in [1.165, 1.54) is 12.1 Å². The molecule has 0 saturated heterocycles. The summed E-state index contributed by atoms with van der Waals surface area (Å²) < 4.78 is 12.9.